The van der Waals surface area contributed by atoms with Crippen LogP contribution in [-0.4, -0.2) is 9.78 Å². The Kier molecular flexibility index (Phi) is 2.65. The summed E-state index contributed by atoms with van der Waals surface area (Å²) in [6.45, 7) is 4.53. The Balaban J connectivity index is 2.18. The lowest BCUT2D eigenvalue weighted by Crippen LogP contribution is -1.98. The number of rotatable bonds is 2. The first-order chi connectivity index (χ1) is 8.92. The van der Waals surface area contributed by atoms with Gasteiger partial charge < -0.3 is 5.73 Å². The molecule has 0 bridgehead atoms. The van der Waals surface area contributed by atoms with Crippen molar-refractivity contribution in [3.8, 4) is 11.1 Å². The van der Waals surface area contributed by atoms with Crippen molar-refractivity contribution < 1.29 is 0 Å². The van der Waals surface area contributed by atoms with Crippen LogP contribution in [0.15, 0.2) is 24.3 Å². The average molecular weight is 276 g/mol. The van der Waals surface area contributed by atoms with Crippen LogP contribution < -0.4 is 5.73 Å². The van der Waals surface area contributed by atoms with Gasteiger partial charge in [-0.3, -0.25) is 4.68 Å². The van der Waals surface area contributed by atoms with E-state index in [1.165, 1.54) is 0 Å². The molecule has 0 aliphatic heterocycles. The fourth-order valence-corrected chi connectivity index (χ4v) is 2.91. The maximum atomic E-state index is 6.32. The van der Waals surface area contributed by atoms with Gasteiger partial charge in [-0.2, -0.15) is 5.10 Å². The van der Waals surface area contributed by atoms with Gasteiger partial charge in [0, 0.05) is 29.1 Å². The molecule has 0 spiro atoms. The molecule has 1 unspecified atom stereocenters. The van der Waals surface area contributed by atoms with Crippen molar-refractivity contribution in [2.24, 2.45) is 12.5 Å². The van der Waals surface area contributed by atoms with Crippen LogP contribution >= 0.6 is 11.6 Å². The third-order valence-electron chi connectivity index (χ3n) is 4.11. The lowest BCUT2D eigenvalue weighted by molar-refractivity contribution is 0.609. The molecule has 3 nitrogen and oxygen atoms in total. The van der Waals surface area contributed by atoms with E-state index in [1.54, 1.807) is 4.68 Å². The Morgan fingerprint density at radius 2 is 2.00 bits per heavy atom. The molecular formula is C15H18ClN3. The highest BCUT2D eigenvalue weighted by molar-refractivity contribution is 6.33. The second-order valence-electron chi connectivity index (χ2n) is 5.99. The Morgan fingerprint density at radius 3 is 2.58 bits per heavy atom. The molecule has 1 aliphatic carbocycles. The van der Waals surface area contributed by atoms with Gasteiger partial charge in [0.05, 0.1) is 5.69 Å². The number of benzene rings is 1. The van der Waals surface area contributed by atoms with Gasteiger partial charge in [0.15, 0.2) is 0 Å². The van der Waals surface area contributed by atoms with Crippen LogP contribution in [0.4, 0.5) is 5.82 Å². The number of aromatic nitrogens is 2. The summed E-state index contributed by atoms with van der Waals surface area (Å²) in [7, 11) is 1.88. The highest BCUT2D eigenvalue weighted by Crippen LogP contribution is 2.60. The second-order valence-corrected chi connectivity index (χ2v) is 6.40. The minimum absolute atomic E-state index is 0.316. The normalized spacial score (nSPS) is 20.5. The van der Waals surface area contributed by atoms with Gasteiger partial charge in [-0.15, -0.1) is 0 Å². The maximum Gasteiger partial charge on any atom is 0.129 e. The van der Waals surface area contributed by atoms with Gasteiger partial charge in [0.1, 0.15) is 5.82 Å². The van der Waals surface area contributed by atoms with Gasteiger partial charge >= 0.3 is 0 Å². The predicted molar refractivity (Wildman–Crippen MR) is 79.2 cm³/mol. The lowest BCUT2D eigenvalue weighted by Gasteiger charge is -2.07. The van der Waals surface area contributed by atoms with E-state index >= 15 is 0 Å². The first kappa shape index (κ1) is 12.5. The number of hydrogen-bond donors (Lipinski definition) is 1. The largest absolute Gasteiger partial charge is 0.383 e. The van der Waals surface area contributed by atoms with Gasteiger partial charge in [-0.1, -0.05) is 43.6 Å². The molecule has 1 aromatic heterocycles. The number of nitrogen functional groups attached to an aromatic ring is 1. The molecule has 0 saturated heterocycles. The van der Waals surface area contributed by atoms with E-state index in [4.69, 9.17) is 17.3 Å². The van der Waals surface area contributed by atoms with Crippen molar-refractivity contribution in [3.05, 3.63) is 35.0 Å². The lowest BCUT2D eigenvalue weighted by atomic mass is 9.99. The van der Waals surface area contributed by atoms with E-state index in [0.717, 1.165) is 28.3 Å². The van der Waals surface area contributed by atoms with Gasteiger partial charge in [-0.25, -0.2) is 0 Å². The number of aryl methyl sites for hydroxylation is 1. The standard InChI is InChI=1S/C15H18ClN3/c1-15(2)8-10(15)13-12(14(17)19(3)18-13)9-6-4-5-7-11(9)16/h4-7,10H,8,17H2,1-3H3. The first-order valence-corrected chi connectivity index (χ1v) is 6.87. The van der Waals surface area contributed by atoms with Crippen molar-refractivity contribution in [1.82, 2.24) is 9.78 Å². The topological polar surface area (TPSA) is 43.8 Å². The average Bonchev–Trinajstić information content (AvgIpc) is 2.88. The molecule has 1 saturated carbocycles. The first-order valence-electron chi connectivity index (χ1n) is 6.49. The molecule has 1 aromatic carbocycles. The summed E-state index contributed by atoms with van der Waals surface area (Å²) < 4.78 is 1.75. The summed E-state index contributed by atoms with van der Waals surface area (Å²) in [6.07, 6.45) is 1.15. The molecule has 19 heavy (non-hydrogen) atoms. The van der Waals surface area contributed by atoms with E-state index in [-0.39, 0.29) is 0 Å². The van der Waals surface area contributed by atoms with Crippen molar-refractivity contribution in [2.75, 3.05) is 5.73 Å². The Labute approximate surface area is 118 Å². The van der Waals surface area contributed by atoms with Gasteiger partial charge in [0.2, 0.25) is 0 Å². The summed E-state index contributed by atoms with van der Waals surface area (Å²) in [4.78, 5) is 0. The van der Waals surface area contributed by atoms with Crippen LogP contribution in [-0.2, 0) is 7.05 Å². The highest BCUT2D eigenvalue weighted by Gasteiger charge is 2.49. The number of nitrogens with two attached hydrogens (primary N) is 1. The monoisotopic (exact) mass is 275 g/mol. The van der Waals surface area contributed by atoms with Crippen molar-refractivity contribution in [2.45, 2.75) is 26.2 Å². The quantitative estimate of drug-likeness (QED) is 0.905. The van der Waals surface area contributed by atoms with E-state index in [1.807, 2.05) is 31.3 Å². The molecule has 1 heterocycles. The minimum Gasteiger partial charge on any atom is -0.383 e. The smallest absolute Gasteiger partial charge is 0.129 e. The van der Waals surface area contributed by atoms with Crippen LogP contribution in [0.5, 0.6) is 0 Å². The maximum absolute atomic E-state index is 6.32. The fourth-order valence-electron chi connectivity index (χ4n) is 2.68. The summed E-state index contributed by atoms with van der Waals surface area (Å²) >= 11 is 6.32. The molecule has 2 N–H and O–H groups in total. The van der Waals surface area contributed by atoms with Crippen molar-refractivity contribution >= 4 is 17.4 Å². The van der Waals surface area contributed by atoms with Gasteiger partial charge in [-0.05, 0) is 17.9 Å². The zero-order valence-electron chi connectivity index (χ0n) is 11.4. The van der Waals surface area contributed by atoms with Crippen LogP contribution in [0.3, 0.4) is 0 Å². The molecule has 2 aromatic rings. The van der Waals surface area contributed by atoms with Gasteiger partial charge in [0.25, 0.3) is 0 Å². The Morgan fingerprint density at radius 1 is 1.37 bits per heavy atom. The predicted octanol–water partition coefficient (Wildman–Crippen LogP) is 3.84. The summed E-state index contributed by atoms with van der Waals surface area (Å²) in [5.41, 5.74) is 9.58. The number of halogens is 1. The van der Waals surface area contributed by atoms with Crippen LogP contribution in [0.1, 0.15) is 31.9 Å². The van der Waals surface area contributed by atoms with Crippen molar-refractivity contribution in [1.29, 1.82) is 0 Å². The third-order valence-corrected chi connectivity index (χ3v) is 4.43. The van der Waals surface area contributed by atoms with E-state index in [9.17, 15) is 0 Å². The molecule has 0 amide bonds. The number of nitrogens with zero attached hydrogens (tertiary/aromatic N) is 2. The summed E-state index contributed by atoms with van der Waals surface area (Å²) in [5.74, 6) is 1.16. The van der Waals surface area contributed by atoms with Crippen LogP contribution in [0.2, 0.25) is 5.02 Å². The van der Waals surface area contributed by atoms with Crippen LogP contribution in [0, 0.1) is 5.41 Å². The molecule has 1 atom stereocenters. The molecule has 1 aliphatic rings. The second kappa shape index (κ2) is 4.01. The summed E-state index contributed by atoms with van der Waals surface area (Å²) in [6, 6.07) is 7.81. The minimum atomic E-state index is 0.316. The Hall–Kier alpha value is -1.48. The molecular weight excluding hydrogens is 258 g/mol. The molecule has 4 heteroatoms. The van der Waals surface area contributed by atoms with E-state index in [2.05, 4.69) is 18.9 Å². The molecule has 0 radical (unpaired) electrons. The fraction of sp³-hybridized carbons (Fsp3) is 0.400. The van der Waals surface area contributed by atoms with E-state index in [0.29, 0.717) is 17.2 Å². The highest BCUT2D eigenvalue weighted by atomic mass is 35.5. The molecule has 3 rings (SSSR count). The van der Waals surface area contributed by atoms with Crippen molar-refractivity contribution in [3.63, 3.8) is 0 Å². The van der Waals surface area contributed by atoms with Crippen LogP contribution in [0.25, 0.3) is 11.1 Å². The number of hydrogen-bond acceptors (Lipinski definition) is 2. The third kappa shape index (κ3) is 1.93. The zero-order chi connectivity index (χ0) is 13.8. The number of anilines is 1. The summed E-state index contributed by atoms with van der Waals surface area (Å²) in [5, 5.41) is 5.34. The Bertz CT molecular complexity index is 643. The SMILES string of the molecule is Cn1nc(C2CC2(C)C)c(-c2ccccc2Cl)c1N. The van der Waals surface area contributed by atoms with E-state index < -0.39 is 0 Å². The zero-order valence-corrected chi connectivity index (χ0v) is 12.2. The molecule has 1 fully saturated rings. The molecule has 100 valence electrons.